The van der Waals surface area contributed by atoms with E-state index in [1.54, 1.807) is 6.33 Å². The van der Waals surface area contributed by atoms with Gasteiger partial charge in [0.15, 0.2) is 5.82 Å². The van der Waals surface area contributed by atoms with Crippen molar-refractivity contribution in [1.29, 1.82) is 0 Å². The second kappa shape index (κ2) is 11.8. The second-order valence-electron chi connectivity index (χ2n) is 10.8. The average molecular weight is 576 g/mol. The highest BCUT2D eigenvalue weighted by Gasteiger charge is 2.44. The van der Waals surface area contributed by atoms with Crippen LogP contribution in [0.15, 0.2) is 53.4 Å². The Bertz CT molecular complexity index is 1510. The van der Waals surface area contributed by atoms with Crippen LogP contribution in [0.25, 0.3) is 11.3 Å². The number of aryl methyl sites for hydroxylation is 1. The van der Waals surface area contributed by atoms with Crippen LogP contribution in [0.1, 0.15) is 60.4 Å². The number of halogens is 1. The van der Waals surface area contributed by atoms with Gasteiger partial charge in [-0.15, -0.1) is 12.4 Å². The Kier molecular flexibility index (Phi) is 8.18. The number of hydrogen-bond donors (Lipinski definition) is 3. The van der Waals surface area contributed by atoms with Crippen LogP contribution in [0.2, 0.25) is 0 Å². The van der Waals surface area contributed by atoms with Gasteiger partial charge in [-0.25, -0.2) is 15.0 Å². The third-order valence-electron chi connectivity index (χ3n) is 7.69. The fourth-order valence-corrected chi connectivity index (χ4v) is 4.91. The van der Waals surface area contributed by atoms with E-state index in [4.69, 9.17) is 4.52 Å². The van der Waals surface area contributed by atoms with Crippen molar-refractivity contribution in [2.45, 2.75) is 45.1 Å². The summed E-state index contributed by atoms with van der Waals surface area (Å²) in [5.74, 6) is 1.61. The van der Waals surface area contributed by atoms with Gasteiger partial charge < -0.3 is 25.4 Å². The molecule has 2 aliphatic rings. The predicted octanol–water partition coefficient (Wildman–Crippen LogP) is 4.35. The summed E-state index contributed by atoms with van der Waals surface area (Å²) in [5.41, 5.74) is 4.82. The molecule has 6 rings (SSSR count). The van der Waals surface area contributed by atoms with Crippen molar-refractivity contribution >= 4 is 35.6 Å². The summed E-state index contributed by atoms with van der Waals surface area (Å²) >= 11 is 0. The van der Waals surface area contributed by atoms with Crippen LogP contribution < -0.4 is 20.9 Å². The number of anilines is 3. The molecule has 12 heteroatoms. The standard InChI is InChI=1S/C29H33N9O2.ClH/c1-18-14-20(4-6-22(18)19(2)34-26(39)27-36-28(37-40-27)29(3)8-9-29)23-15-25(33-17-32-23)35-24-7-5-21(16-31-24)38-12-10-30-11-13-38;/h4-7,14-17,19,30H,8-13H2,1-3H3,(H,34,39)(H,31,32,33,35);1H/t19-;/m1./s1. The predicted molar refractivity (Wildman–Crippen MR) is 159 cm³/mol. The van der Waals surface area contributed by atoms with Crippen molar-refractivity contribution in [2.24, 2.45) is 0 Å². The van der Waals surface area contributed by atoms with Crippen LogP contribution in [0.3, 0.4) is 0 Å². The van der Waals surface area contributed by atoms with E-state index in [-0.39, 0.29) is 35.7 Å². The summed E-state index contributed by atoms with van der Waals surface area (Å²) < 4.78 is 5.22. The van der Waals surface area contributed by atoms with Crippen LogP contribution in [0, 0.1) is 6.92 Å². The lowest BCUT2D eigenvalue weighted by molar-refractivity contribution is 0.0895. The van der Waals surface area contributed by atoms with Gasteiger partial charge >= 0.3 is 11.8 Å². The highest BCUT2D eigenvalue weighted by atomic mass is 35.5. The minimum atomic E-state index is -0.375. The quantitative estimate of drug-likeness (QED) is 0.278. The van der Waals surface area contributed by atoms with E-state index >= 15 is 0 Å². The Balaban J connectivity index is 0.00000337. The second-order valence-corrected chi connectivity index (χ2v) is 10.8. The number of carbonyl (C=O) groups excluding carboxylic acids is 1. The summed E-state index contributed by atoms with van der Waals surface area (Å²) in [6.45, 7) is 9.96. The molecule has 41 heavy (non-hydrogen) atoms. The lowest BCUT2D eigenvalue weighted by Gasteiger charge is -2.29. The zero-order valence-electron chi connectivity index (χ0n) is 23.3. The van der Waals surface area contributed by atoms with Gasteiger partial charge in [-0.3, -0.25) is 4.79 Å². The number of nitrogens with one attached hydrogen (secondary N) is 3. The number of nitrogens with zero attached hydrogens (tertiary/aromatic N) is 6. The Morgan fingerprint density at radius 3 is 2.59 bits per heavy atom. The van der Waals surface area contributed by atoms with Gasteiger partial charge in [-0.1, -0.05) is 24.2 Å². The minimum absolute atomic E-state index is 0. The summed E-state index contributed by atoms with van der Waals surface area (Å²) in [4.78, 5) is 32.8. The molecule has 3 N–H and O–H groups in total. The van der Waals surface area contributed by atoms with E-state index in [1.165, 1.54) is 0 Å². The van der Waals surface area contributed by atoms with Gasteiger partial charge in [0.05, 0.1) is 23.6 Å². The van der Waals surface area contributed by atoms with Gasteiger partial charge in [0.2, 0.25) is 0 Å². The highest BCUT2D eigenvalue weighted by molar-refractivity contribution is 5.89. The van der Waals surface area contributed by atoms with E-state index in [2.05, 4.69) is 65.0 Å². The van der Waals surface area contributed by atoms with E-state index in [9.17, 15) is 4.79 Å². The van der Waals surface area contributed by atoms with Crippen molar-refractivity contribution in [3.63, 3.8) is 0 Å². The first-order valence-electron chi connectivity index (χ1n) is 13.6. The molecule has 2 fully saturated rings. The van der Waals surface area contributed by atoms with Gasteiger partial charge in [-0.2, -0.15) is 4.98 Å². The maximum atomic E-state index is 12.7. The van der Waals surface area contributed by atoms with E-state index < -0.39 is 0 Å². The zero-order valence-corrected chi connectivity index (χ0v) is 24.2. The maximum absolute atomic E-state index is 12.7. The SMILES string of the molecule is Cc1cc(-c2cc(Nc3ccc(N4CCNCC4)cn3)ncn2)ccc1[C@@H](C)NC(=O)c1nc(C2(C)CC2)no1.Cl. The molecule has 1 atom stereocenters. The zero-order chi connectivity index (χ0) is 27.7. The van der Waals surface area contributed by atoms with Crippen LogP contribution in [0.4, 0.5) is 17.3 Å². The first-order chi connectivity index (χ1) is 19.4. The molecule has 1 saturated carbocycles. The molecule has 0 bridgehead atoms. The highest BCUT2D eigenvalue weighted by Crippen LogP contribution is 2.45. The fourth-order valence-electron chi connectivity index (χ4n) is 4.91. The lowest BCUT2D eigenvalue weighted by Crippen LogP contribution is -2.43. The molecular weight excluding hydrogens is 542 g/mol. The van der Waals surface area contributed by atoms with Crippen molar-refractivity contribution < 1.29 is 9.32 Å². The summed E-state index contributed by atoms with van der Waals surface area (Å²) in [6.07, 6.45) is 5.46. The minimum Gasteiger partial charge on any atom is -0.368 e. The Labute approximate surface area is 245 Å². The molecule has 1 saturated heterocycles. The van der Waals surface area contributed by atoms with Crippen LogP contribution in [0.5, 0.6) is 0 Å². The average Bonchev–Trinajstić information content (AvgIpc) is 3.51. The van der Waals surface area contributed by atoms with Gasteiger partial charge in [0.1, 0.15) is 18.0 Å². The number of rotatable bonds is 8. The molecule has 0 unspecified atom stereocenters. The normalized spacial score (nSPS) is 16.4. The maximum Gasteiger partial charge on any atom is 0.315 e. The van der Waals surface area contributed by atoms with Gasteiger partial charge in [-0.05, 0) is 56.0 Å². The van der Waals surface area contributed by atoms with Crippen LogP contribution >= 0.6 is 12.4 Å². The van der Waals surface area contributed by atoms with E-state index in [0.29, 0.717) is 11.6 Å². The Morgan fingerprint density at radius 2 is 1.88 bits per heavy atom. The molecule has 4 heterocycles. The Hall–Kier alpha value is -4.09. The number of hydrogen-bond acceptors (Lipinski definition) is 10. The largest absolute Gasteiger partial charge is 0.368 e. The number of piperazine rings is 1. The number of amides is 1. The molecule has 1 aliphatic carbocycles. The fraction of sp³-hybridized carbons (Fsp3) is 0.379. The summed E-state index contributed by atoms with van der Waals surface area (Å²) in [5, 5.41) is 13.6. The summed E-state index contributed by atoms with van der Waals surface area (Å²) in [7, 11) is 0. The molecule has 1 amide bonds. The van der Waals surface area contributed by atoms with Crippen molar-refractivity contribution in [3.05, 3.63) is 71.8 Å². The monoisotopic (exact) mass is 575 g/mol. The number of aromatic nitrogens is 5. The topological polar surface area (TPSA) is 134 Å². The van der Waals surface area contributed by atoms with Crippen LogP contribution in [-0.2, 0) is 5.41 Å². The van der Waals surface area contributed by atoms with Crippen molar-refractivity contribution in [2.75, 3.05) is 36.4 Å². The molecule has 0 spiro atoms. The third-order valence-corrected chi connectivity index (χ3v) is 7.69. The molecule has 214 valence electrons. The number of benzene rings is 1. The molecule has 3 aromatic heterocycles. The van der Waals surface area contributed by atoms with Crippen LogP contribution in [-0.4, -0.2) is 57.2 Å². The smallest absolute Gasteiger partial charge is 0.315 e. The molecule has 4 aromatic rings. The summed E-state index contributed by atoms with van der Waals surface area (Å²) in [6, 6.07) is 11.8. The molecule has 0 radical (unpaired) electrons. The molecule has 1 aliphatic heterocycles. The molecule has 11 nitrogen and oxygen atoms in total. The van der Waals surface area contributed by atoms with Gasteiger partial charge in [0.25, 0.3) is 0 Å². The third kappa shape index (κ3) is 6.31. The molecular formula is C29H34ClN9O2. The first-order valence-corrected chi connectivity index (χ1v) is 13.6. The lowest BCUT2D eigenvalue weighted by atomic mass is 9.98. The first kappa shape index (κ1) is 28.4. The van der Waals surface area contributed by atoms with Crippen molar-refractivity contribution in [3.8, 4) is 11.3 Å². The van der Waals surface area contributed by atoms with E-state index in [1.807, 2.05) is 44.3 Å². The molecule has 1 aromatic carbocycles. The van der Waals surface area contributed by atoms with Crippen molar-refractivity contribution in [1.82, 2.24) is 35.7 Å². The number of carbonyl (C=O) groups is 1. The Morgan fingerprint density at radius 1 is 1.07 bits per heavy atom. The number of pyridine rings is 1. The van der Waals surface area contributed by atoms with E-state index in [0.717, 1.165) is 72.9 Å². The van der Waals surface area contributed by atoms with Gasteiger partial charge in [0, 0.05) is 43.2 Å².